The Balaban J connectivity index is 1.83. The maximum Gasteiger partial charge on any atom is 0.417 e. The molecule has 0 aliphatic carbocycles. The van der Waals surface area contributed by atoms with E-state index in [1.54, 1.807) is 30.0 Å². The summed E-state index contributed by atoms with van der Waals surface area (Å²) in [6.45, 7) is 2.31. The second kappa shape index (κ2) is 8.94. The third kappa shape index (κ3) is 4.97. The van der Waals surface area contributed by atoms with Gasteiger partial charge in [-0.3, -0.25) is 4.79 Å². The van der Waals surface area contributed by atoms with Crippen molar-refractivity contribution >= 4 is 17.3 Å². The normalized spacial score (nSPS) is 18.7. The topological polar surface area (TPSA) is 65.4 Å². The van der Waals surface area contributed by atoms with Crippen molar-refractivity contribution in [2.75, 3.05) is 37.0 Å². The summed E-state index contributed by atoms with van der Waals surface area (Å²) in [7, 11) is 1.48. The standard InChI is InChI=1S/C22H21F4N3O2/c1-13-3-5-16(7-20(13)23)28-21(30)18-11-29(10-15(18)12-31-2)17-6-4-14(9-27)19(8-17)22(24,25)26/h3-8,15,18H,10-12H2,1-2H3,(H,28,30)/t15-,18+/m1/s1. The number of nitrogens with zero attached hydrogens (tertiary/aromatic N) is 2. The number of hydrogen-bond acceptors (Lipinski definition) is 4. The zero-order chi connectivity index (χ0) is 22.8. The molecule has 2 atom stereocenters. The average molecular weight is 435 g/mol. The smallest absolute Gasteiger partial charge is 0.384 e. The third-order valence-electron chi connectivity index (χ3n) is 5.39. The molecule has 2 aromatic carbocycles. The zero-order valence-electron chi connectivity index (χ0n) is 17.0. The predicted octanol–water partition coefficient (Wildman–Crippen LogP) is 4.36. The summed E-state index contributed by atoms with van der Waals surface area (Å²) in [5.41, 5.74) is -0.452. The van der Waals surface area contributed by atoms with Gasteiger partial charge >= 0.3 is 6.18 Å². The van der Waals surface area contributed by atoms with Crippen LogP contribution in [0.1, 0.15) is 16.7 Å². The van der Waals surface area contributed by atoms with Gasteiger partial charge in [0, 0.05) is 37.5 Å². The number of anilines is 2. The van der Waals surface area contributed by atoms with E-state index < -0.39 is 29.0 Å². The molecule has 1 N–H and O–H groups in total. The predicted molar refractivity (Wildman–Crippen MR) is 107 cm³/mol. The third-order valence-corrected chi connectivity index (χ3v) is 5.39. The van der Waals surface area contributed by atoms with E-state index in [-0.39, 0.29) is 30.7 Å². The summed E-state index contributed by atoms with van der Waals surface area (Å²) in [6.07, 6.45) is -4.67. The molecule has 0 aromatic heterocycles. The van der Waals surface area contributed by atoms with Crippen molar-refractivity contribution in [2.24, 2.45) is 11.8 Å². The van der Waals surface area contributed by atoms with E-state index in [0.29, 0.717) is 17.8 Å². The number of amides is 1. The van der Waals surface area contributed by atoms with Crippen molar-refractivity contribution in [2.45, 2.75) is 13.1 Å². The van der Waals surface area contributed by atoms with Gasteiger partial charge in [0.15, 0.2) is 0 Å². The molecule has 5 nitrogen and oxygen atoms in total. The van der Waals surface area contributed by atoms with Gasteiger partial charge in [0.1, 0.15) is 5.82 Å². The molecule has 1 aliphatic rings. The summed E-state index contributed by atoms with van der Waals surface area (Å²) in [5.74, 6) is -1.66. The molecule has 0 saturated carbocycles. The lowest BCUT2D eigenvalue weighted by molar-refractivity contribution is -0.137. The molecule has 164 valence electrons. The quantitative estimate of drug-likeness (QED) is 0.709. The molecule has 31 heavy (non-hydrogen) atoms. The molecule has 1 saturated heterocycles. The van der Waals surface area contributed by atoms with Crippen LogP contribution in [0.3, 0.4) is 0 Å². The molecule has 0 unspecified atom stereocenters. The van der Waals surface area contributed by atoms with Crippen LogP contribution in [0.2, 0.25) is 0 Å². The largest absolute Gasteiger partial charge is 0.417 e. The molecule has 0 bridgehead atoms. The molecule has 1 heterocycles. The number of rotatable bonds is 5. The zero-order valence-corrected chi connectivity index (χ0v) is 17.0. The van der Waals surface area contributed by atoms with E-state index in [2.05, 4.69) is 5.32 Å². The van der Waals surface area contributed by atoms with E-state index in [0.717, 1.165) is 12.1 Å². The Bertz CT molecular complexity index is 1020. The van der Waals surface area contributed by atoms with Crippen molar-refractivity contribution in [1.82, 2.24) is 0 Å². The van der Waals surface area contributed by atoms with Crippen LogP contribution in [-0.2, 0) is 15.7 Å². The van der Waals surface area contributed by atoms with Crippen molar-refractivity contribution in [3.8, 4) is 6.07 Å². The van der Waals surface area contributed by atoms with Gasteiger partial charge in [0.2, 0.25) is 5.91 Å². The number of halogens is 4. The fraction of sp³-hybridized carbons (Fsp3) is 0.364. The number of carbonyl (C=O) groups excluding carboxylic acids is 1. The SMILES string of the molecule is COC[C@H]1CN(c2ccc(C#N)c(C(F)(F)F)c2)C[C@@H]1C(=O)Nc1ccc(C)c(F)c1. The van der Waals surface area contributed by atoms with E-state index in [4.69, 9.17) is 10.00 Å². The number of alkyl halides is 3. The Kier molecular flexibility index (Phi) is 6.51. The van der Waals surface area contributed by atoms with Crippen molar-refractivity contribution in [3.05, 3.63) is 58.9 Å². The van der Waals surface area contributed by atoms with Crippen LogP contribution in [0.15, 0.2) is 36.4 Å². The van der Waals surface area contributed by atoms with Crippen molar-refractivity contribution < 1.29 is 27.1 Å². The first-order valence-corrected chi connectivity index (χ1v) is 9.56. The van der Waals surface area contributed by atoms with Crippen LogP contribution < -0.4 is 10.2 Å². The second-order valence-corrected chi connectivity index (χ2v) is 7.52. The molecule has 1 aliphatic heterocycles. The van der Waals surface area contributed by atoms with E-state index in [9.17, 15) is 22.4 Å². The Hall–Kier alpha value is -3.12. The molecule has 9 heteroatoms. The average Bonchev–Trinajstić information content (AvgIpc) is 3.14. The van der Waals surface area contributed by atoms with Crippen LogP contribution in [0.4, 0.5) is 28.9 Å². The van der Waals surface area contributed by atoms with Gasteiger partial charge in [0.25, 0.3) is 0 Å². The molecule has 0 radical (unpaired) electrons. The maximum absolute atomic E-state index is 13.8. The molecule has 1 fully saturated rings. The fourth-order valence-electron chi connectivity index (χ4n) is 3.73. The monoisotopic (exact) mass is 435 g/mol. The van der Waals surface area contributed by atoms with Gasteiger partial charge in [-0.2, -0.15) is 18.4 Å². The van der Waals surface area contributed by atoms with E-state index >= 15 is 0 Å². The number of ether oxygens (including phenoxy) is 1. The molecular formula is C22H21F4N3O2. The highest BCUT2D eigenvalue weighted by Crippen LogP contribution is 2.36. The van der Waals surface area contributed by atoms with E-state index in [1.807, 2.05) is 0 Å². The summed E-state index contributed by atoms with van der Waals surface area (Å²) >= 11 is 0. The number of benzene rings is 2. The number of aryl methyl sites for hydroxylation is 1. The van der Waals surface area contributed by atoms with Gasteiger partial charge < -0.3 is 15.0 Å². The van der Waals surface area contributed by atoms with Gasteiger partial charge in [-0.15, -0.1) is 0 Å². The number of carbonyl (C=O) groups is 1. The minimum absolute atomic E-state index is 0.164. The first-order valence-electron chi connectivity index (χ1n) is 9.56. The van der Waals surface area contributed by atoms with Crippen LogP contribution in [0.5, 0.6) is 0 Å². The van der Waals surface area contributed by atoms with Crippen molar-refractivity contribution in [1.29, 1.82) is 5.26 Å². The fourth-order valence-corrected chi connectivity index (χ4v) is 3.73. The van der Waals surface area contributed by atoms with Crippen molar-refractivity contribution in [3.63, 3.8) is 0 Å². The van der Waals surface area contributed by atoms with Gasteiger partial charge in [0.05, 0.1) is 29.7 Å². The molecule has 2 aromatic rings. The van der Waals surface area contributed by atoms with Crippen LogP contribution in [0, 0.1) is 35.9 Å². The summed E-state index contributed by atoms with van der Waals surface area (Å²) in [6, 6.07) is 9.42. The first-order chi connectivity index (χ1) is 14.6. The lowest BCUT2D eigenvalue weighted by atomic mass is 9.96. The highest BCUT2D eigenvalue weighted by molar-refractivity contribution is 5.93. The summed E-state index contributed by atoms with van der Waals surface area (Å²) in [4.78, 5) is 14.5. The Morgan fingerprint density at radius 2 is 2.00 bits per heavy atom. The molecule has 3 rings (SSSR count). The first kappa shape index (κ1) is 22.6. The molecular weight excluding hydrogens is 414 g/mol. The lowest BCUT2D eigenvalue weighted by Crippen LogP contribution is -2.31. The molecule has 0 spiro atoms. The molecule has 1 amide bonds. The van der Waals surface area contributed by atoms with Gasteiger partial charge in [-0.1, -0.05) is 6.07 Å². The minimum Gasteiger partial charge on any atom is -0.384 e. The van der Waals surface area contributed by atoms with Gasteiger partial charge in [-0.25, -0.2) is 4.39 Å². The highest BCUT2D eigenvalue weighted by atomic mass is 19.4. The second-order valence-electron chi connectivity index (χ2n) is 7.52. The summed E-state index contributed by atoms with van der Waals surface area (Å²) < 4.78 is 59.0. The Morgan fingerprint density at radius 1 is 1.26 bits per heavy atom. The van der Waals surface area contributed by atoms with Gasteiger partial charge in [-0.05, 0) is 42.8 Å². The van der Waals surface area contributed by atoms with Crippen LogP contribution in [-0.4, -0.2) is 32.7 Å². The van der Waals surface area contributed by atoms with E-state index in [1.165, 1.54) is 19.2 Å². The van der Waals surface area contributed by atoms with Crippen LogP contribution in [0.25, 0.3) is 0 Å². The highest BCUT2D eigenvalue weighted by Gasteiger charge is 2.39. The Labute approximate surface area is 177 Å². The lowest BCUT2D eigenvalue weighted by Gasteiger charge is -2.20. The number of nitriles is 1. The minimum atomic E-state index is -4.67. The van der Waals surface area contributed by atoms with Crippen LogP contribution >= 0.6 is 0 Å². The Morgan fingerprint density at radius 3 is 2.61 bits per heavy atom. The number of methoxy groups -OCH3 is 1. The summed E-state index contributed by atoms with van der Waals surface area (Å²) in [5, 5.41) is 11.7. The maximum atomic E-state index is 13.8. The number of hydrogen-bond donors (Lipinski definition) is 1. The number of nitrogens with one attached hydrogen (secondary N) is 1.